The zero-order valence-electron chi connectivity index (χ0n) is 16.2. The van der Waals surface area contributed by atoms with Crippen molar-refractivity contribution in [3.05, 3.63) is 95.1 Å². The average Bonchev–Trinajstić information content (AvgIpc) is 2.72. The van der Waals surface area contributed by atoms with Crippen LogP contribution in [0.2, 0.25) is 0 Å². The SMILES string of the molecule is COc1cc(CN[C@@H](C)c2ccccc2)ccc1OCc1ccccc1C. The van der Waals surface area contributed by atoms with E-state index in [1.807, 2.05) is 30.3 Å². The first-order valence-electron chi connectivity index (χ1n) is 9.30. The van der Waals surface area contributed by atoms with Gasteiger partial charge in [0.05, 0.1) is 7.11 Å². The summed E-state index contributed by atoms with van der Waals surface area (Å²) < 4.78 is 11.5. The van der Waals surface area contributed by atoms with Gasteiger partial charge in [-0.1, -0.05) is 60.7 Å². The van der Waals surface area contributed by atoms with Gasteiger partial charge in [-0.2, -0.15) is 0 Å². The second-order valence-electron chi connectivity index (χ2n) is 6.71. The molecular formula is C24H27NO2. The maximum atomic E-state index is 6.00. The van der Waals surface area contributed by atoms with E-state index < -0.39 is 0 Å². The van der Waals surface area contributed by atoms with Crippen molar-refractivity contribution in [3.8, 4) is 11.5 Å². The molecule has 0 unspecified atom stereocenters. The van der Waals surface area contributed by atoms with Crippen molar-refractivity contribution in [2.45, 2.75) is 33.0 Å². The molecule has 0 amide bonds. The van der Waals surface area contributed by atoms with E-state index in [2.05, 4.69) is 61.6 Å². The molecule has 0 aliphatic carbocycles. The van der Waals surface area contributed by atoms with Crippen LogP contribution in [0.25, 0.3) is 0 Å². The van der Waals surface area contributed by atoms with Crippen molar-refractivity contribution < 1.29 is 9.47 Å². The Bertz CT molecular complexity index is 861. The van der Waals surface area contributed by atoms with E-state index in [9.17, 15) is 0 Å². The molecule has 3 aromatic rings. The summed E-state index contributed by atoms with van der Waals surface area (Å²) in [6, 6.07) is 25.1. The zero-order valence-corrected chi connectivity index (χ0v) is 16.2. The Morgan fingerprint density at radius 3 is 2.37 bits per heavy atom. The van der Waals surface area contributed by atoms with Gasteiger partial charge in [-0.15, -0.1) is 0 Å². The molecule has 0 aliphatic rings. The summed E-state index contributed by atoms with van der Waals surface area (Å²) in [6.07, 6.45) is 0. The number of rotatable bonds is 8. The van der Waals surface area contributed by atoms with Gasteiger partial charge in [-0.3, -0.25) is 0 Å². The molecule has 1 N–H and O–H groups in total. The number of nitrogens with one attached hydrogen (secondary N) is 1. The molecule has 0 spiro atoms. The van der Waals surface area contributed by atoms with E-state index in [-0.39, 0.29) is 6.04 Å². The summed E-state index contributed by atoms with van der Waals surface area (Å²) in [5.74, 6) is 1.52. The Hall–Kier alpha value is -2.78. The van der Waals surface area contributed by atoms with Gasteiger partial charge >= 0.3 is 0 Å². The Morgan fingerprint density at radius 2 is 1.63 bits per heavy atom. The molecule has 0 radical (unpaired) electrons. The number of hydrogen-bond donors (Lipinski definition) is 1. The minimum absolute atomic E-state index is 0.286. The van der Waals surface area contributed by atoms with E-state index in [4.69, 9.17) is 9.47 Å². The van der Waals surface area contributed by atoms with E-state index in [1.54, 1.807) is 7.11 Å². The lowest BCUT2D eigenvalue weighted by molar-refractivity contribution is 0.283. The lowest BCUT2D eigenvalue weighted by Gasteiger charge is -2.16. The van der Waals surface area contributed by atoms with E-state index in [1.165, 1.54) is 16.7 Å². The summed E-state index contributed by atoms with van der Waals surface area (Å²) >= 11 is 0. The Balaban J connectivity index is 1.63. The van der Waals surface area contributed by atoms with Crippen molar-refractivity contribution in [3.63, 3.8) is 0 Å². The van der Waals surface area contributed by atoms with Crippen molar-refractivity contribution >= 4 is 0 Å². The molecule has 0 saturated carbocycles. The lowest BCUT2D eigenvalue weighted by atomic mass is 10.1. The highest BCUT2D eigenvalue weighted by molar-refractivity contribution is 5.43. The quantitative estimate of drug-likeness (QED) is 0.580. The van der Waals surface area contributed by atoms with Gasteiger partial charge in [0.2, 0.25) is 0 Å². The van der Waals surface area contributed by atoms with Crippen LogP contribution >= 0.6 is 0 Å². The first kappa shape index (κ1) is 19.0. The number of benzene rings is 3. The molecule has 3 rings (SSSR count). The van der Waals surface area contributed by atoms with Crippen LogP contribution in [0.3, 0.4) is 0 Å². The topological polar surface area (TPSA) is 30.5 Å². The largest absolute Gasteiger partial charge is 0.493 e. The first-order chi connectivity index (χ1) is 13.2. The number of hydrogen-bond acceptors (Lipinski definition) is 3. The Morgan fingerprint density at radius 1 is 0.889 bits per heavy atom. The Labute approximate surface area is 162 Å². The lowest BCUT2D eigenvalue weighted by Crippen LogP contribution is -2.18. The highest BCUT2D eigenvalue weighted by atomic mass is 16.5. The first-order valence-corrected chi connectivity index (χ1v) is 9.30. The van der Waals surface area contributed by atoms with Crippen molar-refractivity contribution in [2.75, 3.05) is 7.11 Å². The predicted octanol–water partition coefficient (Wildman–Crippen LogP) is 5.43. The van der Waals surface area contributed by atoms with Crippen LogP contribution in [-0.4, -0.2) is 7.11 Å². The molecule has 0 fully saturated rings. The standard InChI is InChI=1S/C24H27NO2/c1-18-9-7-8-12-22(18)17-27-23-14-13-20(15-24(23)26-3)16-25-19(2)21-10-5-4-6-11-21/h4-15,19,25H,16-17H2,1-3H3/t19-/m0/s1. The van der Waals surface area contributed by atoms with Crippen LogP contribution < -0.4 is 14.8 Å². The third-order valence-corrected chi connectivity index (χ3v) is 4.78. The van der Waals surface area contributed by atoms with Crippen LogP contribution in [0.1, 0.15) is 35.2 Å². The molecule has 3 aromatic carbocycles. The highest BCUT2D eigenvalue weighted by Gasteiger charge is 2.09. The van der Waals surface area contributed by atoms with Gasteiger partial charge in [0.25, 0.3) is 0 Å². The fraction of sp³-hybridized carbons (Fsp3) is 0.250. The molecule has 0 bridgehead atoms. The molecule has 3 nitrogen and oxygen atoms in total. The molecule has 3 heteroatoms. The van der Waals surface area contributed by atoms with Crippen LogP contribution in [0.4, 0.5) is 0 Å². The van der Waals surface area contributed by atoms with E-state index in [0.717, 1.165) is 23.6 Å². The van der Waals surface area contributed by atoms with Crippen molar-refractivity contribution in [1.82, 2.24) is 5.32 Å². The molecule has 0 aliphatic heterocycles. The van der Waals surface area contributed by atoms with E-state index >= 15 is 0 Å². The number of aryl methyl sites for hydroxylation is 1. The van der Waals surface area contributed by atoms with Crippen LogP contribution in [0.5, 0.6) is 11.5 Å². The van der Waals surface area contributed by atoms with Crippen LogP contribution in [0, 0.1) is 6.92 Å². The summed E-state index contributed by atoms with van der Waals surface area (Å²) in [4.78, 5) is 0. The van der Waals surface area contributed by atoms with Gasteiger partial charge < -0.3 is 14.8 Å². The molecular weight excluding hydrogens is 334 g/mol. The third-order valence-electron chi connectivity index (χ3n) is 4.78. The zero-order chi connectivity index (χ0) is 19.1. The van der Waals surface area contributed by atoms with Gasteiger partial charge in [-0.05, 0) is 48.2 Å². The number of ether oxygens (including phenoxy) is 2. The van der Waals surface area contributed by atoms with Gasteiger partial charge in [0.1, 0.15) is 6.61 Å². The summed E-state index contributed by atoms with van der Waals surface area (Å²) in [5, 5.41) is 3.55. The maximum absolute atomic E-state index is 6.00. The normalized spacial score (nSPS) is 11.8. The Kier molecular flexibility index (Phi) is 6.50. The second kappa shape index (κ2) is 9.24. The summed E-state index contributed by atoms with van der Waals surface area (Å²) in [7, 11) is 1.68. The number of methoxy groups -OCH3 is 1. The van der Waals surface area contributed by atoms with Crippen molar-refractivity contribution in [2.24, 2.45) is 0 Å². The molecule has 0 aromatic heterocycles. The molecule has 0 heterocycles. The highest BCUT2D eigenvalue weighted by Crippen LogP contribution is 2.29. The molecule has 1 atom stereocenters. The second-order valence-corrected chi connectivity index (χ2v) is 6.71. The van der Waals surface area contributed by atoms with Crippen molar-refractivity contribution in [1.29, 1.82) is 0 Å². The molecule has 0 saturated heterocycles. The van der Waals surface area contributed by atoms with Crippen LogP contribution in [-0.2, 0) is 13.2 Å². The maximum Gasteiger partial charge on any atom is 0.161 e. The molecule has 140 valence electrons. The average molecular weight is 361 g/mol. The minimum atomic E-state index is 0.286. The fourth-order valence-electron chi connectivity index (χ4n) is 3.00. The monoisotopic (exact) mass is 361 g/mol. The smallest absolute Gasteiger partial charge is 0.161 e. The van der Waals surface area contributed by atoms with Gasteiger partial charge in [-0.25, -0.2) is 0 Å². The minimum Gasteiger partial charge on any atom is -0.493 e. The molecule has 27 heavy (non-hydrogen) atoms. The summed E-state index contributed by atoms with van der Waals surface area (Å²) in [6.45, 7) is 5.57. The summed E-state index contributed by atoms with van der Waals surface area (Å²) in [5.41, 5.74) is 4.86. The fourth-order valence-corrected chi connectivity index (χ4v) is 3.00. The van der Waals surface area contributed by atoms with Gasteiger partial charge in [0.15, 0.2) is 11.5 Å². The van der Waals surface area contributed by atoms with Gasteiger partial charge in [0, 0.05) is 12.6 Å². The van der Waals surface area contributed by atoms with E-state index in [0.29, 0.717) is 6.61 Å². The predicted molar refractivity (Wildman–Crippen MR) is 110 cm³/mol. The third kappa shape index (κ3) is 5.11. The van der Waals surface area contributed by atoms with Crippen LogP contribution in [0.15, 0.2) is 72.8 Å².